The molecule has 0 unspecified atom stereocenters. The van der Waals surface area contributed by atoms with E-state index < -0.39 is 5.76 Å². The number of amides is 1. The van der Waals surface area contributed by atoms with Gasteiger partial charge in [0.25, 0.3) is 0 Å². The van der Waals surface area contributed by atoms with Crippen LogP contribution in [0.1, 0.15) is 13.3 Å². The lowest BCUT2D eigenvalue weighted by Crippen LogP contribution is -2.48. The Kier molecular flexibility index (Phi) is 5.44. The molecule has 0 bridgehead atoms. The van der Waals surface area contributed by atoms with E-state index in [2.05, 4.69) is 24.5 Å². The number of H-pyrrole nitrogens is 1. The molecule has 1 fully saturated rings. The molecule has 1 aliphatic rings. The summed E-state index contributed by atoms with van der Waals surface area (Å²) < 4.78 is 10.1. The molecule has 9 heteroatoms. The zero-order valence-electron chi connectivity index (χ0n) is 14.1. The van der Waals surface area contributed by atoms with Crippen LogP contribution in [0.3, 0.4) is 0 Å². The van der Waals surface area contributed by atoms with Crippen molar-refractivity contribution in [3.8, 4) is 17.3 Å². The van der Waals surface area contributed by atoms with Crippen LogP contribution in [-0.4, -0.2) is 70.2 Å². The number of rotatable bonds is 6. The Balaban J connectivity index is 1.38. The molecule has 1 amide bonds. The molecule has 2 aromatic heterocycles. The van der Waals surface area contributed by atoms with Gasteiger partial charge in [0.05, 0.1) is 12.8 Å². The number of aromatic nitrogens is 3. The van der Waals surface area contributed by atoms with E-state index in [1.165, 1.54) is 0 Å². The van der Waals surface area contributed by atoms with Gasteiger partial charge in [0, 0.05) is 39.6 Å². The molecule has 0 aromatic carbocycles. The molecule has 0 spiro atoms. The maximum atomic E-state index is 11.3. The van der Waals surface area contributed by atoms with E-state index >= 15 is 0 Å². The molecule has 1 N–H and O–H groups in total. The van der Waals surface area contributed by atoms with Gasteiger partial charge in [-0.1, -0.05) is 5.16 Å². The second kappa shape index (κ2) is 7.93. The third-order valence-electron chi connectivity index (χ3n) is 4.12. The van der Waals surface area contributed by atoms with Gasteiger partial charge in [-0.25, -0.2) is 9.78 Å². The summed E-state index contributed by atoms with van der Waals surface area (Å²) in [6, 6.07) is 3.49. The second-order valence-corrected chi connectivity index (χ2v) is 5.87. The maximum absolute atomic E-state index is 11.3. The number of aromatic amines is 1. The van der Waals surface area contributed by atoms with Crippen LogP contribution < -0.4 is 10.5 Å². The number of hydrogen-bond donors (Lipinski definition) is 1. The zero-order chi connectivity index (χ0) is 17.6. The average molecular weight is 347 g/mol. The molecule has 2 aromatic rings. The van der Waals surface area contributed by atoms with Crippen LogP contribution in [0.2, 0.25) is 0 Å². The number of ether oxygens (including phenoxy) is 1. The first-order chi connectivity index (χ1) is 12.1. The number of piperazine rings is 1. The minimum atomic E-state index is -0.610. The minimum absolute atomic E-state index is 0.147. The van der Waals surface area contributed by atoms with Crippen molar-refractivity contribution in [1.82, 2.24) is 24.9 Å². The molecule has 0 radical (unpaired) electrons. The van der Waals surface area contributed by atoms with Gasteiger partial charge in [0.2, 0.25) is 11.7 Å². The highest BCUT2D eigenvalue weighted by Crippen LogP contribution is 2.15. The van der Waals surface area contributed by atoms with E-state index in [0.717, 1.165) is 39.1 Å². The second-order valence-electron chi connectivity index (χ2n) is 5.87. The quantitative estimate of drug-likeness (QED) is 0.752. The highest BCUT2D eigenvalue weighted by molar-refractivity contribution is 5.73. The summed E-state index contributed by atoms with van der Waals surface area (Å²) in [4.78, 5) is 33.1. The van der Waals surface area contributed by atoms with Gasteiger partial charge in [0.1, 0.15) is 11.4 Å². The van der Waals surface area contributed by atoms with Crippen molar-refractivity contribution in [2.45, 2.75) is 13.3 Å². The zero-order valence-corrected chi connectivity index (χ0v) is 14.1. The molecule has 0 saturated carbocycles. The molecule has 9 nitrogen and oxygen atoms in total. The highest BCUT2D eigenvalue weighted by atomic mass is 16.5. The van der Waals surface area contributed by atoms with Crippen LogP contribution in [-0.2, 0) is 4.79 Å². The van der Waals surface area contributed by atoms with E-state index in [4.69, 9.17) is 4.74 Å². The van der Waals surface area contributed by atoms with Crippen LogP contribution in [0.15, 0.2) is 27.6 Å². The monoisotopic (exact) mass is 347 g/mol. The number of nitrogens with zero attached hydrogens (tertiary/aromatic N) is 4. The van der Waals surface area contributed by atoms with Gasteiger partial charge in [0.15, 0.2) is 0 Å². The lowest BCUT2D eigenvalue weighted by Gasteiger charge is -2.34. The number of carbonyl (C=O) groups is 1. The third kappa shape index (κ3) is 4.66. The molecule has 0 atom stereocenters. The average Bonchev–Trinajstić information content (AvgIpc) is 3.06. The van der Waals surface area contributed by atoms with E-state index in [1.807, 2.05) is 4.90 Å². The van der Waals surface area contributed by atoms with Crippen molar-refractivity contribution < 1.29 is 14.1 Å². The molecule has 0 aliphatic carbocycles. The Morgan fingerprint density at radius 3 is 2.72 bits per heavy atom. The van der Waals surface area contributed by atoms with Gasteiger partial charge in [-0.3, -0.25) is 19.2 Å². The van der Waals surface area contributed by atoms with Crippen molar-refractivity contribution in [2.24, 2.45) is 0 Å². The van der Waals surface area contributed by atoms with Gasteiger partial charge in [-0.2, -0.15) is 0 Å². The van der Waals surface area contributed by atoms with E-state index in [9.17, 15) is 9.59 Å². The first kappa shape index (κ1) is 17.2. The summed E-state index contributed by atoms with van der Waals surface area (Å²) in [5.41, 5.74) is 0.515. The Bertz CT molecular complexity index is 746. The van der Waals surface area contributed by atoms with Crippen molar-refractivity contribution in [2.75, 3.05) is 39.3 Å². The SMILES string of the molecule is CC(=O)N1CCN(CCCOc2ccc(-c3noc(=O)[nH]3)nc2)CC1. The lowest BCUT2D eigenvalue weighted by molar-refractivity contribution is -0.130. The molecule has 3 heterocycles. The van der Waals surface area contributed by atoms with Crippen LogP contribution in [0.5, 0.6) is 5.75 Å². The Labute approximate surface area is 144 Å². The Hall–Kier alpha value is -2.68. The summed E-state index contributed by atoms with van der Waals surface area (Å²) in [5, 5.41) is 3.58. The fourth-order valence-corrected chi connectivity index (χ4v) is 2.71. The summed E-state index contributed by atoms with van der Waals surface area (Å²) in [5.74, 6) is 0.493. The van der Waals surface area contributed by atoms with E-state index in [0.29, 0.717) is 23.9 Å². The van der Waals surface area contributed by atoms with Crippen LogP contribution >= 0.6 is 0 Å². The van der Waals surface area contributed by atoms with Crippen LogP contribution in [0, 0.1) is 0 Å². The fraction of sp³-hybridized carbons (Fsp3) is 0.500. The maximum Gasteiger partial charge on any atom is 0.439 e. The number of pyridine rings is 1. The van der Waals surface area contributed by atoms with Crippen LogP contribution in [0.25, 0.3) is 11.5 Å². The summed E-state index contributed by atoms with van der Waals surface area (Å²) in [7, 11) is 0. The van der Waals surface area contributed by atoms with E-state index in [1.54, 1.807) is 25.3 Å². The number of carbonyl (C=O) groups excluding carboxylic acids is 1. The molecule has 3 rings (SSSR count). The normalized spacial score (nSPS) is 15.3. The molecular weight excluding hydrogens is 326 g/mol. The van der Waals surface area contributed by atoms with Gasteiger partial charge in [-0.15, -0.1) is 0 Å². The standard InChI is InChI=1S/C16H21N5O4/c1-12(22)21-8-6-20(7-9-21)5-2-10-24-13-3-4-14(17-11-13)15-18-16(23)25-19-15/h3-4,11H,2,5-10H2,1H3,(H,18,19,23). The predicted octanol–water partition coefficient (Wildman–Crippen LogP) is 0.358. The Morgan fingerprint density at radius 2 is 2.12 bits per heavy atom. The van der Waals surface area contributed by atoms with Gasteiger partial charge >= 0.3 is 5.76 Å². The minimum Gasteiger partial charge on any atom is -0.492 e. The van der Waals surface area contributed by atoms with Crippen LogP contribution in [0.4, 0.5) is 0 Å². The first-order valence-electron chi connectivity index (χ1n) is 8.25. The molecular formula is C16H21N5O4. The predicted molar refractivity (Wildman–Crippen MR) is 89.2 cm³/mol. The Morgan fingerprint density at radius 1 is 1.32 bits per heavy atom. The first-order valence-corrected chi connectivity index (χ1v) is 8.25. The van der Waals surface area contributed by atoms with Gasteiger partial charge < -0.3 is 9.64 Å². The largest absolute Gasteiger partial charge is 0.492 e. The van der Waals surface area contributed by atoms with E-state index in [-0.39, 0.29) is 5.91 Å². The fourth-order valence-electron chi connectivity index (χ4n) is 2.71. The number of nitrogens with one attached hydrogen (secondary N) is 1. The molecule has 1 aliphatic heterocycles. The van der Waals surface area contributed by atoms with Crippen molar-refractivity contribution >= 4 is 5.91 Å². The molecule has 134 valence electrons. The number of hydrogen-bond acceptors (Lipinski definition) is 7. The highest BCUT2D eigenvalue weighted by Gasteiger charge is 2.17. The summed E-state index contributed by atoms with van der Waals surface area (Å²) in [6.07, 6.45) is 2.49. The smallest absolute Gasteiger partial charge is 0.439 e. The van der Waals surface area contributed by atoms with Crippen molar-refractivity contribution in [3.63, 3.8) is 0 Å². The topological polar surface area (TPSA) is 105 Å². The molecule has 1 saturated heterocycles. The van der Waals surface area contributed by atoms with Crippen molar-refractivity contribution in [1.29, 1.82) is 0 Å². The molecule has 25 heavy (non-hydrogen) atoms. The third-order valence-corrected chi connectivity index (χ3v) is 4.12. The lowest BCUT2D eigenvalue weighted by atomic mass is 10.3. The van der Waals surface area contributed by atoms with Gasteiger partial charge in [-0.05, 0) is 18.6 Å². The van der Waals surface area contributed by atoms with Crippen molar-refractivity contribution in [3.05, 3.63) is 28.9 Å². The summed E-state index contributed by atoms with van der Waals surface area (Å²) in [6.45, 7) is 6.56. The summed E-state index contributed by atoms with van der Waals surface area (Å²) >= 11 is 0.